The normalized spacial score (nSPS) is 18.6. The van der Waals surface area contributed by atoms with Gasteiger partial charge in [0, 0.05) is 51.0 Å². The Hall–Kier alpha value is -1.97. The topological polar surface area (TPSA) is 90.0 Å². The van der Waals surface area contributed by atoms with Crippen molar-refractivity contribution < 1.29 is 18.0 Å². The van der Waals surface area contributed by atoms with Crippen molar-refractivity contribution in [3.63, 3.8) is 0 Å². The minimum atomic E-state index is -3.16. The van der Waals surface area contributed by atoms with Gasteiger partial charge in [-0.15, -0.1) is 0 Å². The maximum absolute atomic E-state index is 12.3. The Morgan fingerprint density at radius 3 is 2.42 bits per heavy atom. The number of rotatable bonds is 4. The van der Waals surface area contributed by atoms with Gasteiger partial charge in [-0.05, 0) is 30.2 Å². The molecule has 1 saturated heterocycles. The summed E-state index contributed by atoms with van der Waals surface area (Å²) in [6, 6.07) is 5.58. The van der Waals surface area contributed by atoms with Crippen LogP contribution >= 0.6 is 0 Å². The lowest BCUT2D eigenvalue weighted by molar-refractivity contribution is -0.118. The van der Waals surface area contributed by atoms with Gasteiger partial charge in [0.05, 0.1) is 12.8 Å². The van der Waals surface area contributed by atoms with E-state index in [2.05, 4.69) is 5.32 Å². The molecule has 2 amide bonds. The number of hydrogen-bond donors (Lipinski definition) is 1. The van der Waals surface area contributed by atoms with Gasteiger partial charge in [0.25, 0.3) is 0 Å². The fourth-order valence-electron chi connectivity index (χ4n) is 3.43. The van der Waals surface area contributed by atoms with E-state index in [9.17, 15) is 18.0 Å². The molecule has 8 nitrogen and oxygen atoms in total. The van der Waals surface area contributed by atoms with Crippen LogP contribution in [0.3, 0.4) is 0 Å². The molecule has 26 heavy (non-hydrogen) atoms. The Bertz CT molecular complexity index is 816. The van der Waals surface area contributed by atoms with Crippen molar-refractivity contribution in [1.82, 2.24) is 9.21 Å². The Labute approximate surface area is 153 Å². The van der Waals surface area contributed by atoms with Crippen LogP contribution in [0.15, 0.2) is 18.2 Å². The smallest absolute Gasteiger partial charge is 0.238 e. The van der Waals surface area contributed by atoms with Crippen LogP contribution in [0.1, 0.15) is 12.5 Å². The fraction of sp³-hybridized carbons (Fsp3) is 0.529. The molecular formula is C17H24N4O4S. The molecule has 0 radical (unpaired) electrons. The van der Waals surface area contributed by atoms with Crippen LogP contribution in [0.5, 0.6) is 0 Å². The summed E-state index contributed by atoms with van der Waals surface area (Å²) in [5, 5.41) is 2.89. The molecule has 0 spiro atoms. The van der Waals surface area contributed by atoms with E-state index in [1.54, 1.807) is 17.9 Å². The van der Waals surface area contributed by atoms with Crippen LogP contribution in [0.25, 0.3) is 0 Å². The first-order chi connectivity index (χ1) is 12.2. The van der Waals surface area contributed by atoms with Gasteiger partial charge in [-0.25, -0.2) is 8.42 Å². The van der Waals surface area contributed by atoms with E-state index in [0.29, 0.717) is 38.4 Å². The van der Waals surface area contributed by atoms with Crippen molar-refractivity contribution in [2.75, 3.05) is 55.7 Å². The molecule has 0 aliphatic carbocycles. The Morgan fingerprint density at radius 1 is 1.12 bits per heavy atom. The first-order valence-corrected chi connectivity index (χ1v) is 10.5. The van der Waals surface area contributed by atoms with E-state index in [0.717, 1.165) is 17.7 Å². The number of carbonyl (C=O) groups is 2. The summed E-state index contributed by atoms with van der Waals surface area (Å²) in [4.78, 5) is 27.6. The van der Waals surface area contributed by atoms with Gasteiger partial charge in [0.15, 0.2) is 0 Å². The zero-order chi connectivity index (χ0) is 18.9. The van der Waals surface area contributed by atoms with E-state index in [-0.39, 0.29) is 18.4 Å². The van der Waals surface area contributed by atoms with Crippen LogP contribution in [-0.4, -0.2) is 75.0 Å². The summed E-state index contributed by atoms with van der Waals surface area (Å²) in [5.41, 5.74) is 2.68. The lowest BCUT2D eigenvalue weighted by Crippen LogP contribution is -2.50. The molecular weight excluding hydrogens is 356 g/mol. The van der Waals surface area contributed by atoms with Crippen LogP contribution < -0.4 is 10.2 Å². The lowest BCUT2D eigenvalue weighted by atomic mass is 10.1. The molecule has 0 bridgehead atoms. The van der Waals surface area contributed by atoms with Gasteiger partial charge >= 0.3 is 0 Å². The van der Waals surface area contributed by atoms with Crippen molar-refractivity contribution in [3.8, 4) is 0 Å². The summed E-state index contributed by atoms with van der Waals surface area (Å²) < 4.78 is 24.5. The molecule has 2 heterocycles. The van der Waals surface area contributed by atoms with Crippen molar-refractivity contribution in [3.05, 3.63) is 23.8 Å². The molecule has 2 aliphatic rings. The summed E-state index contributed by atoms with van der Waals surface area (Å²) in [7, 11) is -3.16. The lowest BCUT2D eigenvalue weighted by Gasteiger charge is -2.32. The number of sulfonamides is 1. The third-order valence-corrected chi connectivity index (χ3v) is 6.11. The van der Waals surface area contributed by atoms with Gasteiger partial charge < -0.3 is 10.2 Å². The molecule has 9 heteroatoms. The number of anilines is 2. The SMILES string of the molecule is CC(=O)N1CCc2cc(NC(=O)CN3CCN(S(C)(=O)=O)CC3)ccc21. The Balaban J connectivity index is 1.54. The Morgan fingerprint density at radius 2 is 1.81 bits per heavy atom. The maximum atomic E-state index is 12.3. The minimum Gasteiger partial charge on any atom is -0.325 e. The van der Waals surface area contributed by atoms with Crippen LogP contribution in [0, 0.1) is 0 Å². The molecule has 142 valence electrons. The molecule has 0 unspecified atom stereocenters. The molecule has 0 atom stereocenters. The third-order valence-electron chi connectivity index (χ3n) is 4.81. The average molecular weight is 380 g/mol. The fourth-order valence-corrected chi connectivity index (χ4v) is 4.26. The number of carbonyl (C=O) groups excluding carboxylic acids is 2. The monoisotopic (exact) mass is 380 g/mol. The number of nitrogens with zero attached hydrogens (tertiary/aromatic N) is 3. The molecule has 1 aromatic carbocycles. The van der Waals surface area contributed by atoms with E-state index >= 15 is 0 Å². The summed E-state index contributed by atoms with van der Waals surface area (Å²) in [5.74, 6) is -0.104. The molecule has 1 fully saturated rings. The summed E-state index contributed by atoms with van der Waals surface area (Å²) in [6.45, 7) is 4.35. The predicted molar refractivity (Wildman–Crippen MR) is 99.7 cm³/mol. The van der Waals surface area contributed by atoms with Crippen molar-refractivity contribution in [2.24, 2.45) is 0 Å². The Kier molecular flexibility index (Phi) is 5.31. The van der Waals surface area contributed by atoms with Gasteiger partial charge in [0.1, 0.15) is 0 Å². The van der Waals surface area contributed by atoms with Crippen molar-refractivity contribution >= 4 is 33.2 Å². The largest absolute Gasteiger partial charge is 0.325 e. The molecule has 0 saturated carbocycles. The standard InChI is InChI=1S/C17H24N4O4S/c1-13(22)21-6-5-14-11-15(3-4-16(14)21)18-17(23)12-19-7-9-20(10-8-19)26(2,24)25/h3-4,11H,5-10,12H2,1-2H3,(H,18,23). The number of amides is 2. The van der Waals surface area contributed by atoms with Gasteiger partial charge in [0.2, 0.25) is 21.8 Å². The highest BCUT2D eigenvalue weighted by Gasteiger charge is 2.25. The number of nitrogens with one attached hydrogen (secondary N) is 1. The van der Waals surface area contributed by atoms with Gasteiger partial charge in [-0.3, -0.25) is 14.5 Å². The number of piperazine rings is 1. The van der Waals surface area contributed by atoms with Crippen molar-refractivity contribution in [1.29, 1.82) is 0 Å². The average Bonchev–Trinajstić information content (AvgIpc) is 2.97. The van der Waals surface area contributed by atoms with Gasteiger partial charge in [-0.1, -0.05) is 0 Å². The van der Waals surface area contributed by atoms with Crippen LogP contribution in [-0.2, 0) is 26.0 Å². The quantitative estimate of drug-likeness (QED) is 0.801. The highest BCUT2D eigenvalue weighted by atomic mass is 32.2. The molecule has 2 aliphatic heterocycles. The van der Waals surface area contributed by atoms with E-state index < -0.39 is 10.0 Å². The number of hydrogen-bond acceptors (Lipinski definition) is 5. The summed E-state index contributed by atoms with van der Waals surface area (Å²) in [6.07, 6.45) is 1.99. The van der Waals surface area contributed by atoms with E-state index in [1.165, 1.54) is 10.6 Å². The second-order valence-corrected chi connectivity index (χ2v) is 8.73. The van der Waals surface area contributed by atoms with Crippen LogP contribution in [0.2, 0.25) is 0 Å². The van der Waals surface area contributed by atoms with Crippen LogP contribution in [0.4, 0.5) is 11.4 Å². The van der Waals surface area contributed by atoms with Crippen molar-refractivity contribution in [2.45, 2.75) is 13.3 Å². The second kappa shape index (κ2) is 7.34. The predicted octanol–water partition coefficient (Wildman–Crippen LogP) is 0.111. The molecule has 1 aromatic rings. The van der Waals surface area contributed by atoms with E-state index in [4.69, 9.17) is 0 Å². The van der Waals surface area contributed by atoms with Gasteiger partial charge in [-0.2, -0.15) is 4.31 Å². The molecule has 3 rings (SSSR count). The first kappa shape index (κ1) is 18.8. The number of benzene rings is 1. The third kappa shape index (κ3) is 4.22. The highest BCUT2D eigenvalue weighted by molar-refractivity contribution is 7.88. The summed E-state index contributed by atoms with van der Waals surface area (Å²) >= 11 is 0. The second-order valence-electron chi connectivity index (χ2n) is 6.75. The highest BCUT2D eigenvalue weighted by Crippen LogP contribution is 2.30. The zero-order valence-electron chi connectivity index (χ0n) is 15.1. The zero-order valence-corrected chi connectivity index (χ0v) is 15.9. The van der Waals surface area contributed by atoms with E-state index in [1.807, 2.05) is 17.0 Å². The maximum Gasteiger partial charge on any atom is 0.238 e. The number of fused-ring (bicyclic) bond motifs is 1. The first-order valence-electron chi connectivity index (χ1n) is 8.62. The minimum absolute atomic E-state index is 0.0220. The molecule has 1 N–H and O–H groups in total. The molecule has 0 aromatic heterocycles.